The summed E-state index contributed by atoms with van der Waals surface area (Å²) in [6, 6.07) is 13.9. The largest absolute Gasteiger partial charge is 0.495 e. The van der Waals surface area contributed by atoms with Crippen molar-refractivity contribution in [3.63, 3.8) is 0 Å². The number of rotatable bonds is 8. The number of nitrogens with one attached hydrogen (secondary N) is 1. The Bertz CT molecular complexity index is 1240. The molecule has 0 unspecified atom stereocenters. The number of thioether (sulfide) groups is 1. The fourth-order valence-corrected chi connectivity index (χ4v) is 5.84. The minimum absolute atomic E-state index is 0.150. The number of carbonyl (C=O) groups is 1. The summed E-state index contributed by atoms with van der Waals surface area (Å²) in [5.74, 6) is 1.14. The zero-order valence-electron chi connectivity index (χ0n) is 18.4. The van der Waals surface area contributed by atoms with Gasteiger partial charge in [0.2, 0.25) is 15.9 Å². The van der Waals surface area contributed by atoms with Crippen LogP contribution in [0.2, 0.25) is 0 Å². The van der Waals surface area contributed by atoms with E-state index in [1.807, 2.05) is 19.2 Å². The summed E-state index contributed by atoms with van der Waals surface area (Å²) < 4.78 is 34.0. The molecule has 1 aliphatic rings. The van der Waals surface area contributed by atoms with Gasteiger partial charge in [0.25, 0.3) is 0 Å². The number of benzene rings is 2. The van der Waals surface area contributed by atoms with Gasteiger partial charge in [-0.1, -0.05) is 23.9 Å². The summed E-state index contributed by atoms with van der Waals surface area (Å²) in [5.41, 5.74) is 1.35. The van der Waals surface area contributed by atoms with Crippen LogP contribution in [0.25, 0.3) is 11.4 Å². The number of hydrogen-bond donors (Lipinski definition) is 1. The van der Waals surface area contributed by atoms with E-state index < -0.39 is 10.0 Å². The zero-order chi connectivity index (χ0) is 23.4. The number of aromatic nitrogens is 3. The Balaban J connectivity index is 1.42. The molecule has 9 nitrogen and oxygen atoms in total. The standard InChI is InChI=1S/C22H25N5O4S2/c1-26-21(16-9-11-17(12-10-16)33(29,30)27-13-5-6-14-27)24-25-22(26)32-15-20(28)23-18-7-3-4-8-19(18)31-2/h3-4,7-12H,5-6,13-15H2,1-2H3,(H,23,28). The Kier molecular flexibility index (Phi) is 7.01. The minimum atomic E-state index is -3.46. The van der Waals surface area contributed by atoms with Crippen molar-refractivity contribution in [2.75, 3.05) is 31.3 Å². The molecule has 0 saturated carbocycles. The molecule has 3 aromatic rings. The lowest BCUT2D eigenvalue weighted by molar-refractivity contribution is -0.113. The van der Waals surface area contributed by atoms with E-state index in [0.29, 0.717) is 35.5 Å². The first-order chi connectivity index (χ1) is 15.9. The van der Waals surface area contributed by atoms with E-state index in [2.05, 4.69) is 15.5 Å². The maximum Gasteiger partial charge on any atom is 0.243 e. The lowest BCUT2D eigenvalue weighted by atomic mass is 10.2. The van der Waals surface area contributed by atoms with E-state index in [9.17, 15) is 13.2 Å². The number of ether oxygens (including phenoxy) is 1. The van der Waals surface area contributed by atoms with E-state index in [0.717, 1.165) is 18.4 Å². The summed E-state index contributed by atoms with van der Waals surface area (Å²) >= 11 is 1.26. The van der Waals surface area contributed by atoms with Crippen LogP contribution in [0.1, 0.15) is 12.8 Å². The molecular weight excluding hydrogens is 462 g/mol. The van der Waals surface area contributed by atoms with Crippen LogP contribution in [-0.2, 0) is 21.9 Å². The first-order valence-corrected chi connectivity index (χ1v) is 12.9. The fourth-order valence-electron chi connectivity index (χ4n) is 3.61. The molecule has 0 bridgehead atoms. The summed E-state index contributed by atoms with van der Waals surface area (Å²) in [4.78, 5) is 12.7. The lowest BCUT2D eigenvalue weighted by Gasteiger charge is -2.15. The van der Waals surface area contributed by atoms with Gasteiger partial charge in [-0.15, -0.1) is 10.2 Å². The fraction of sp³-hybridized carbons (Fsp3) is 0.318. The van der Waals surface area contributed by atoms with Crippen LogP contribution in [0, 0.1) is 0 Å². The number of carbonyl (C=O) groups excluding carboxylic acids is 1. The van der Waals surface area contributed by atoms with E-state index in [1.165, 1.54) is 16.1 Å². The first kappa shape index (κ1) is 23.3. The maximum absolute atomic E-state index is 12.7. The van der Waals surface area contributed by atoms with Gasteiger partial charge in [-0.3, -0.25) is 4.79 Å². The van der Waals surface area contributed by atoms with Crippen molar-refractivity contribution < 1.29 is 17.9 Å². The van der Waals surface area contributed by atoms with Gasteiger partial charge in [-0.2, -0.15) is 4.31 Å². The molecule has 33 heavy (non-hydrogen) atoms. The van der Waals surface area contributed by atoms with Crippen molar-refractivity contribution in [1.82, 2.24) is 19.1 Å². The van der Waals surface area contributed by atoms with Crippen LogP contribution in [0.3, 0.4) is 0 Å². The first-order valence-electron chi connectivity index (χ1n) is 10.5. The van der Waals surface area contributed by atoms with Crippen LogP contribution in [0.4, 0.5) is 5.69 Å². The van der Waals surface area contributed by atoms with E-state index in [1.54, 1.807) is 48.1 Å². The number of methoxy groups -OCH3 is 1. The number of amides is 1. The van der Waals surface area contributed by atoms with Crippen molar-refractivity contribution in [1.29, 1.82) is 0 Å². The molecule has 1 aliphatic heterocycles. The van der Waals surface area contributed by atoms with Gasteiger partial charge >= 0.3 is 0 Å². The van der Waals surface area contributed by atoms with E-state index in [-0.39, 0.29) is 16.6 Å². The molecule has 0 radical (unpaired) electrons. The Morgan fingerprint density at radius 3 is 2.48 bits per heavy atom. The van der Waals surface area contributed by atoms with Crippen molar-refractivity contribution in [2.24, 2.45) is 7.05 Å². The Morgan fingerprint density at radius 2 is 1.79 bits per heavy atom. The van der Waals surface area contributed by atoms with Crippen molar-refractivity contribution in [2.45, 2.75) is 22.9 Å². The lowest BCUT2D eigenvalue weighted by Crippen LogP contribution is -2.27. The third kappa shape index (κ3) is 5.05. The second-order valence-electron chi connectivity index (χ2n) is 7.54. The molecule has 1 aromatic heterocycles. The molecule has 11 heteroatoms. The molecule has 2 heterocycles. The number of nitrogens with zero attached hydrogens (tertiary/aromatic N) is 4. The zero-order valence-corrected chi connectivity index (χ0v) is 20.0. The average Bonchev–Trinajstić information content (AvgIpc) is 3.49. The van der Waals surface area contributed by atoms with Gasteiger partial charge in [0.05, 0.1) is 23.4 Å². The van der Waals surface area contributed by atoms with E-state index in [4.69, 9.17) is 4.74 Å². The highest BCUT2D eigenvalue weighted by Crippen LogP contribution is 2.27. The maximum atomic E-state index is 12.7. The van der Waals surface area contributed by atoms with Crippen LogP contribution >= 0.6 is 11.8 Å². The summed E-state index contributed by atoms with van der Waals surface area (Å²) in [5, 5.41) is 11.8. The van der Waals surface area contributed by atoms with Gasteiger partial charge in [-0.25, -0.2) is 8.42 Å². The molecule has 4 rings (SSSR count). The SMILES string of the molecule is COc1ccccc1NC(=O)CSc1nnc(-c2ccc(S(=O)(=O)N3CCCC3)cc2)n1C. The minimum Gasteiger partial charge on any atom is -0.495 e. The van der Waals surface area contributed by atoms with Crippen LogP contribution < -0.4 is 10.1 Å². The second-order valence-corrected chi connectivity index (χ2v) is 10.4. The Hall–Kier alpha value is -2.89. The van der Waals surface area contributed by atoms with E-state index >= 15 is 0 Å². The molecule has 0 atom stereocenters. The highest BCUT2D eigenvalue weighted by atomic mass is 32.2. The van der Waals surface area contributed by atoms with Gasteiger partial charge in [0.15, 0.2) is 11.0 Å². The summed E-state index contributed by atoms with van der Waals surface area (Å²) in [7, 11) is -0.0977. The molecular formula is C22H25N5O4S2. The molecule has 0 spiro atoms. The number of hydrogen-bond acceptors (Lipinski definition) is 7. The Labute approximate surface area is 197 Å². The predicted octanol–water partition coefficient (Wildman–Crippen LogP) is 3.01. The highest BCUT2D eigenvalue weighted by molar-refractivity contribution is 7.99. The molecule has 1 amide bonds. The Morgan fingerprint density at radius 1 is 1.09 bits per heavy atom. The smallest absolute Gasteiger partial charge is 0.243 e. The van der Waals surface area contributed by atoms with Crippen LogP contribution in [-0.4, -0.2) is 59.3 Å². The van der Waals surface area contributed by atoms with Gasteiger partial charge in [0.1, 0.15) is 5.75 Å². The molecule has 174 valence electrons. The highest BCUT2D eigenvalue weighted by Gasteiger charge is 2.27. The topological polar surface area (TPSA) is 106 Å². The van der Waals surface area contributed by atoms with Crippen LogP contribution in [0.5, 0.6) is 5.75 Å². The monoisotopic (exact) mass is 487 g/mol. The summed E-state index contributed by atoms with van der Waals surface area (Å²) in [6.45, 7) is 1.14. The third-order valence-corrected chi connectivity index (χ3v) is 8.30. The molecule has 1 fully saturated rings. The van der Waals surface area contributed by atoms with Crippen molar-refractivity contribution >= 4 is 33.4 Å². The summed E-state index contributed by atoms with van der Waals surface area (Å²) in [6.07, 6.45) is 1.79. The number of sulfonamides is 1. The predicted molar refractivity (Wildman–Crippen MR) is 127 cm³/mol. The second kappa shape index (κ2) is 9.94. The molecule has 0 aliphatic carbocycles. The van der Waals surface area contributed by atoms with Gasteiger partial charge in [-0.05, 0) is 49.2 Å². The number of para-hydroxylation sites is 2. The van der Waals surface area contributed by atoms with Crippen LogP contribution in [0.15, 0.2) is 58.6 Å². The molecule has 2 aromatic carbocycles. The van der Waals surface area contributed by atoms with Crippen molar-refractivity contribution in [3.8, 4) is 17.1 Å². The third-order valence-electron chi connectivity index (χ3n) is 5.36. The van der Waals surface area contributed by atoms with Gasteiger partial charge < -0.3 is 14.6 Å². The van der Waals surface area contributed by atoms with Gasteiger partial charge in [0, 0.05) is 25.7 Å². The molecule has 1 saturated heterocycles. The quantitative estimate of drug-likeness (QED) is 0.487. The molecule has 1 N–H and O–H groups in total. The van der Waals surface area contributed by atoms with Crippen molar-refractivity contribution in [3.05, 3.63) is 48.5 Å². The number of anilines is 1. The normalized spacial score (nSPS) is 14.4. The average molecular weight is 488 g/mol.